The first-order valence-electron chi connectivity index (χ1n) is 7.70. The van der Waals surface area contributed by atoms with Crippen molar-refractivity contribution in [2.24, 2.45) is 0 Å². The molecule has 3 rings (SSSR count). The maximum Gasteiger partial charge on any atom is 0.220 e. The minimum Gasteiger partial charge on any atom is -0.352 e. The first kappa shape index (κ1) is 15.2. The van der Waals surface area contributed by atoms with Crippen LogP contribution in [0.15, 0.2) is 66.7 Å². The molecule has 0 bridgehead atoms. The first-order chi connectivity index (χ1) is 11.2. The molecule has 0 aromatic heterocycles. The van der Waals surface area contributed by atoms with Crippen molar-refractivity contribution >= 4 is 16.7 Å². The highest BCUT2D eigenvalue weighted by molar-refractivity contribution is 5.83. The molecule has 0 heterocycles. The predicted molar refractivity (Wildman–Crippen MR) is 90.5 cm³/mol. The molecule has 0 atom stereocenters. The van der Waals surface area contributed by atoms with Gasteiger partial charge in [0.15, 0.2) is 0 Å². The number of amides is 1. The molecule has 3 aromatic rings. The summed E-state index contributed by atoms with van der Waals surface area (Å²) < 4.78 is 13.5. The molecule has 0 radical (unpaired) electrons. The lowest BCUT2D eigenvalue weighted by atomic mass is 10.1. The lowest BCUT2D eigenvalue weighted by molar-refractivity contribution is -0.121. The number of benzene rings is 3. The number of carbonyl (C=O) groups excluding carboxylic acids is 1. The second-order valence-corrected chi connectivity index (χ2v) is 5.55. The zero-order valence-corrected chi connectivity index (χ0v) is 12.8. The maximum absolute atomic E-state index is 13.5. The molecular formula is C20H18FNO. The van der Waals surface area contributed by atoms with Gasteiger partial charge in [0.05, 0.1) is 0 Å². The standard InChI is InChI=1S/C20H18FNO/c21-19-8-4-3-6-17(19)11-12-20(23)22-14-15-9-10-16-5-1-2-7-18(16)13-15/h1-10,13H,11-12,14H2,(H,22,23). The van der Waals surface area contributed by atoms with Gasteiger partial charge >= 0.3 is 0 Å². The van der Waals surface area contributed by atoms with Gasteiger partial charge < -0.3 is 5.32 Å². The molecule has 0 aliphatic rings. The molecule has 0 saturated carbocycles. The fourth-order valence-corrected chi connectivity index (χ4v) is 2.59. The van der Waals surface area contributed by atoms with Crippen molar-refractivity contribution in [3.8, 4) is 0 Å². The number of aryl methyl sites for hydroxylation is 1. The van der Waals surface area contributed by atoms with E-state index in [1.54, 1.807) is 18.2 Å². The molecule has 23 heavy (non-hydrogen) atoms. The van der Waals surface area contributed by atoms with Crippen molar-refractivity contribution in [3.05, 3.63) is 83.7 Å². The smallest absolute Gasteiger partial charge is 0.220 e. The molecule has 3 aromatic carbocycles. The summed E-state index contributed by atoms with van der Waals surface area (Å²) in [7, 11) is 0. The average molecular weight is 307 g/mol. The summed E-state index contributed by atoms with van der Waals surface area (Å²) in [6, 6.07) is 20.8. The predicted octanol–water partition coefficient (Wildman–Crippen LogP) is 4.23. The molecule has 0 fully saturated rings. The van der Waals surface area contributed by atoms with E-state index in [-0.39, 0.29) is 18.1 Å². The van der Waals surface area contributed by atoms with Gasteiger partial charge in [0, 0.05) is 13.0 Å². The number of fused-ring (bicyclic) bond motifs is 1. The Labute approximate surface area is 135 Å². The minimum atomic E-state index is -0.255. The zero-order valence-electron chi connectivity index (χ0n) is 12.8. The van der Waals surface area contributed by atoms with Gasteiger partial charge in [-0.1, -0.05) is 54.6 Å². The summed E-state index contributed by atoms with van der Waals surface area (Å²) >= 11 is 0. The largest absolute Gasteiger partial charge is 0.352 e. The van der Waals surface area contributed by atoms with Crippen LogP contribution in [-0.4, -0.2) is 5.91 Å². The molecule has 1 N–H and O–H groups in total. The number of hydrogen-bond acceptors (Lipinski definition) is 1. The molecule has 116 valence electrons. The lowest BCUT2D eigenvalue weighted by Gasteiger charge is -2.07. The Morgan fingerprint density at radius 1 is 0.913 bits per heavy atom. The van der Waals surface area contributed by atoms with E-state index in [9.17, 15) is 9.18 Å². The third kappa shape index (κ3) is 3.95. The van der Waals surface area contributed by atoms with Crippen LogP contribution in [0.3, 0.4) is 0 Å². The summed E-state index contributed by atoms with van der Waals surface area (Å²) in [5, 5.41) is 5.23. The zero-order chi connectivity index (χ0) is 16.1. The number of carbonyl (C=O) groups is 1. The van der Waals surface area contributed by atoms with Crippen molar-refractivity contribution in [1.82, 2.24) is 5.32 Å². The Bertz CT molecular complexity index is 828. The quantitative estimate of drug-likeness (QED) is 0.751. The maximum atomic E-state index is 13.5. The summed E-state index contributed by atoms with van der Waals surface area (Å²) in [5.41, 5.74) is 1.64. The van der Waals surface area contributed by atoms with E-state index < -0.39 is 0 Å². The number of rotatable bonds is 5. The molecule has 0 spiro atoms. The Morgan fingerprint density at radius 2 is 1.65 bits per heavy atom. The first-order valence-corrected chi connectivity index (χ1v) is 7.70. The Morgan fingerprint density at radius 3 is 2.48 bits per heavy atom. The van der Waals surface area contributed by atoms with E-state index in [0.29, 0.717) is 18.5 Å². The summed E-state index contributed by atoms with van der Waals surface area (Å²) in [6.45, 7) is 0.487. The van der Waals surface area contributed by atoms with E-state index in [1.165, 1.54) is 11.5 Å². The van der Waals surface area contributed by atoms with Crippen molar-refractivity contribution < 1.29 is 9.18 Å². The van der Waals surface area contributed by atoms with Crippen LogP contribution in [0.4, 0.5) is 4.39 Å². The fraction of sp³-hybridized carbons (Fsp3) is 0.150. The van der Waals surface area contributed by atoms with Gasteiger partial charge in [-0.25, -0.2) is 4.39 Å². The highest BCUT2D eigenvalue weighted by Gasteiger charge is 2.06. The number of halogens is 1. The third-order valence-corrected chi connectivity index (χ3v) is 3.88. The summed E-state index contributed by atoms with van der Waals surface area (Å²) in [5.74, 6) is -0.323. The van der Waals surface area contributed by atoms with Gasteiger partial charge in [-0.2, -0.15) is 0 Å². The van der Waals surface area contributed by atoms with Crippen LogP contribution in [0.5, 0.6) is 0 Å². The topological polar surface area (TPSA) is 29.1 Å². The Hall–Kier alpha value is -2.68. The van der Waals surface area contributed by atoms with Crippen molar-refractivity contribution in [2.75, 3.05) is 0 Å². The Balaban J connectivity index is 1.54. The number of nitrogens with one attached hydrogen (secondary N) is 1. The Kier molecular flexibility index (Phi) is 4.67. The average Bonchev–Trinajstić information content (AvgIpc) is 2.59. The van der Waals surface area contributed by atoms with Crippen LogP contribution in [0.1, 0.15) is 17.5 Å². The van der Waals surface area contributed by atoms with Crippen molar-refractivity contribution in [1.29, 1.82) is 0 Å². The van der Waals surface area contributed by atoms with Crippen LogP contribution in [0, 0.1) is 5.82 Å². The third-order valence-electron chi connectivity index (χ3n) is 3.88. The highest BCUT2D eigenvalue weighted by Crippen LogP contribution is 2.15. The van der Waals surface area contributed by atoms with E-state index >= 15 is 0 Å². The summed E-state index contributed by atoms with van der Waals surface area (Å²) in [6.07, 6.45) is 0.699. The van der Waals surface area contributed by atoms with Gasteiger partial charge in [-0.3, -0.25) is 4.79 Å². The molecule has 0 unspecified atom stereocenters. The van der Waals surface area contributed by atoms with E-state index in [0.717, 1.165) is 10.9 Å². The molecule has 0 aliphatic carbocycles. The fourth-order valence-electron chi connectivity index (χ4n) is 2.59. The summed E-state index contributed by atoms with van der Waals surface area (Å²) in [4.78, 5) is 11.9. The van der Waals surface area contributed by atoms with Crippen molar-refractivity contribution in [3.63, 3.8) is 0 Å². The molecular weight excluding hydrogens is 289 g/mol. The van der Waals surface area contributed by atoms with Gasteiger partial charge in [0.1, 0.15) is 5.82 Å². The molecule has 2 nitrogen and oxygen atoms in total. The van der Waals surface area contributed by atoms with Crippen LogP contribution in [0.2, 0.25) is 0 Å². The van der Waals surface area contributed by atoms with Gasteiger partial charge in [0.2, 0.25) is 5.91 Å². The highest BCUT2D eigenvalue weighted by atomic mass is 19.1. The van der Waals surface area contributed by atoms with Gasteiger partial charge in [-0.05, 0) is 40.5 Å². The van der Waals surface area contributed by atoms with Crippen molar-refractivity contribution in [2.45, 2.75) is 19.4 Å². The van der Waals surface area contributed by atoms with Crippen LogP contribution in [0.25, 0.3) is 10.8 Å². The minimum absolute atomic E-state index is 0.0681. The molecule has 3 heteroatoms. The molecule has 1 amide bonds. The van der Waals surface area contributed by atoms with Gasteiger partial charge in [0.25, 0.3) is 0 Å². The molecule has 0 saturated heterocycles. The lowest BCUT2D eigenvalue weighted by Crippen LogP contribution is -2.23. The second kappa shape index (κ2) is 7.05. The molecule has 0 aliphatic heterocycles. The second-order valence-electron chi connectivity index (χ2n) is 5.55. The van der Waals surface area contributed by atoms with Crippen LogP contribution in [-0.2, 0) is 17.8 Å². The monoisotopic (exact) mass is 307 g/mol. The van der Waals surface area contributed by atoms with Crippen LogP contribution >= 0.6 is 0 Å². The van der Waals surface area contributed by atoms with E-state index in [4.69, 9.17) is 0 Å². The van der Waals surface area contributed by atoms with Gasteiger partial charge in [-0.15, -0.1) is 0 Å². The normalized spacial score (nSPS) is 10.7. The SMILES string of the molecule is O=C(CCc1ccccc1F)NCc1ccc2ccccc2c1. The van der Waals surface area contributed by atoms with E-state index in [1.807, 2.05) is 18.2 Å². The van der Waals surface area contributed by atoms with E-state index in [2.05, 4.69) is 29.6 Å². The number of hydrogen-bond donors (Lipinski definition) is 1. The van der Waals surface area contributed by atoms with Crippen LogP contribution < -0.4 is 5.32 Å².